The van der Waals surface area contributed by atoms with Gasteiger partial charge >= 0.3 is 0 Å². The van der Waals surface area contributed by atoms with Gasteiger partial charge in [-0.1, -0.05) is 13.3 Å². The Morgan fingerprint density at radius 1 is 1.40 bits per heavy atom. The van der Waals surface area contributed by atoms with Crippen LogP contribution in [-0.2, 0) is 4.74 Å². The van der Waals surface area contributed by atoms with E-state index in [9.17, 15) is 0 Å². The predicted octanol–water partition coefficient (Wildman–Crippen LogP) is 1.54. The molecule has 0 aromatic heterocycles. The molecule has 0 rings (SSSR count). The summed E-state index contributed by atoms with van der Waals surface area (Å²) in [7, 11) is 0. The van der Waals surface area contributed by atoms with Crippen LogP contribution in [0.25, 0.3) is 0 Å². The third kappa shape index (κ3) is 4.77. The van der Waals surface area contributed by atoms with Crippen molar-refractivity contribution in [1.82, 2.24) is 0 Å². The van der Waals surface area contributed by atoms with Crippen LogP contribution < -0.4 is 5.73 Å². The lowest BCUT2D eigenvalue weighted by atomic mass is 10.2. The number of rotatable bonds is 5. The zero-order valence-corrected chi connectivity index (χ0v) is 7.26. The molecular formula is C8H19NO. The number of hydrogen-bond donors (Lipinski definition) is 1. The van der Waals surface area contributed by atoms with Crippen LogP contribution in [0.5, 0.6) is 0 Å². The Morgan fingerprint density at radius 2 is 2.00 bits per heavy atom. The lowest BCUT2D eigenvalue weighted by molar-refractivity contribution is 0.0504. The van der Waals surface area contributed by atoms with Gasteiger partial charge in [0, 0.05) is 12.6 Å². The number of unbranched alkanes of at least 4 members (excludes halogenated alkanes) is 1. The fourth-order valence-corrected chi connectivity index (χ4v) is 0.565. The molecule has 0 bridgehead atoms. The summed E-state index contributed by atoms with van der Waals surface area (Å²) < 4.78 is 5.42. The van der Waals surface area contributed by atoms with Gasteiger partial charge in [-0.15, -0.1) is 0 Å². The molecule has 0 aliphatic heterocycles. The van der Waals surface area contributed by atoms with Crippen LogP contribution in [-0.4, -0.2) is 18.8 Å². The second kappa shape index (κ2) is 5.69. The first-order valence-corrected chi connectivity index (χ1v) is 4.05. The molecule has 0 amide bonds. The Kier molecular flexibility index (Phi) is 5.64. The monoisotopic (exact) mass is 145 g/mol. The van der Waals surface area contributed by atoms with E-state index in [1.807, 2.05) is 13.8 Å². The van der Waals surface area contributed by atoms with Gasteiger partial charge in [-0.2, -0.15) is 0 Å². The normalized spacial score (nSPS) is 16.8. The highest BCUT2D eigenvalue weighted by Crippen LogP contribution is 1.97. The van der Waals surface area contributed by atoms with Crippen molar-refractivity contribution in [3.8, 4) is 0 Å². The molecule has 2 nitrogen and oxygen atoms in total. The van der Waals surface area contributed by atoms with E-state index in [0.717, 1.165) is 13.0 Å². The highest BCUT2D eigenvalue weighted by Gasteiger charge is 2.05. The highest BCUT2D eigenvalue weighted by molar-refractivity contribution is 4.61. The van der Waals surface area contributed by atoms with Crippen molar-refractivity contribution in [2.45, 2.75) is 45.8 Å². The van der Waals surface area contributed by atoms with Crippen molar-refractivity contribution >= 4 is 0 Å². The second-order valence-electron chi connectivity index (χ2n) is 2.79. The zero-order chi connectivity index (χ0) is 7.98. The first kappa shape index (κ1) is 9.92. The molecule has 0 heterocycles. The fourth-order valence-electron chi connectivity index (χ4n) is 0.565. The minimum Gasteiger partial charge on any atom is -0.377 e. The minimum absolute atomic E-state index is 0.150. The molecule has 0 saturated carbocycles. The first-order valence-electron chi connectivity index (χ1n) is 4.05. The van der Waals surface area contributed by atoms with Gasteiger partial charge in [0.2, 0.25) is 0 Å². The summed E-state index contributed by atoms with van der Waals surface area (Å²) in [6.07, 6.45) is 2.52. The van der Waals surface area contributed by atoms with Crippen molar-refractivity contribution < 1.29 is 4.74 Å². The van der Waals surface area contributed by atoms with E-state index >= 15 is 0 Å². The number of hydrogen-bond acceptors (Lipinski definition) is 2. The van der Waals surface area contributed by atoms with Gasteiger partial charge in [-0.25, -0.2) is 0 Å². The van der Waals surface area contributed by atoms with E-state index in [1.54, 1.807) is 0 Å². The van der Waals surface area contributed by atoms with Crippen molar-refractivity contribution in [3.63, 3.8) is 0 Å². The quantitative estimate of drug-likeness (QED) is 0.595. The Balaban J connectivity index is 3.13. The third-order valence-corrected chi connectivity index (χ3v) is 1.62. The number of ether oxygens (including phenoxy) is 1. The fraction of sp³-hybridized carbons (Fsp3) is 1.00. The van der Waals surface area contributed by atoms with E-state index in [4.69, 9.17) is 10.5 Å². The van der Waals surface area contributed by atoms with Gasteiger partial charge in [0.25, 0.3) is 0 Å². The standard InChI is InChI=1S/C8H19NO/c1-4-5-6-10-8(3)7(2)9/h7-8H,4-6,9H2,1-3H3/t7-,8?/m1/s1. The van der Waals surface area contributed by atoms with E-state index in [2.05, 4.69) is 6.92 Å². The van der Waals surface area contributed by atoms with Crippen molar-refractivity contribution in [3.05, 3.63) is 0 Å². The molecule has 1 unspecified atom stereocenters. The molecule has 10 heavy (non-hydrogen) atoms. The molecule has 0 spiro atoms. The largest absolute Gasteiger partial charge is 0.377 e. The Bertz CT molecular complexity index is 73.7. The average molecular weight is 145 g/mol. The minimum atomic E-state index is 0.150. The van der Waals surface area contributed by atoms with Crippen LogP contribution in [0.15, 0.2) is 0 Å². The van der Waals surface area contributed by atoms with Gasteiger partial charge in [-0.3, -0.25) is 0 Å². The summed E-state index contributed by atoms with van der Waals surface area (Å²) in [4.78, 5) is 0. The molecule has 2 N–H and O–H groups in total. The lowest BCUT2D eigenvalue weighted by Crippen LogP contribution is -2.31. The van der Waals surface area contributed by atoms with Gasteiger partial charge in [-0.05, 0) is 20.3 Å². The van der Waals surface area contributed by atoms with Gasteiger partial charge in [0.05, 0.1) is 6.10 Å². The summed E-state index contributed by atoms with van der Waals surface area (Å²) in [6, 6.07) is 0.150. The van der Waals surface area contributed by atoms with E-state index in [0.29, 0.717) is 0 Å². The highest BCUT2D eigenvalue weighted by atomic mass is 16.5. The van der Waals surface area contributed by atoms with Crippen LogP contribution in [0.3, 0.4) is 0 Å². The molecule has 0 saturated heterocycles. The summed E-state index contributed by atoms with van der Waals surface area (Å²) in [5.41, 5.74) is 5.59. The van der Waals surface area contributed by atoms with E-state index in [1.165, 1.54) is 6.42 Å². The lowest BCUT2D eigenvalue weighted by Gasteiger charge is -2.15. The topological polar surface area (TPSA) is 35.2 Å². The molecular weight excluding hydrogens is 126 g/mol. The van der Waals surface area contributed by atoms with Gasteiger partial charge < -0.3 is 10.5 Å². The predicted molar refractivity (Wildman–Crippen MR) is 44.0 cm³/mol. The van der Waals surface area contributed by atoms with Crippen LogP contribution >= 0.6 is 0 Å². The molecule has 0 fully saturated rings. The molecule has 2 heteroatoms. The second-order valence-corrected chi connectivity index (χ2v) is 2.79. The van der Waals surface area contributed by atoms with Crippen LogP contribution in [0, 0.1) is 0 Å². The molecule has 2 atom stereocenters. The van der Waals surface area contributed by atoms with Crippen LogP contribution in [0.1, 0.15) is 33.6 Å². The van der Waals surface area contributed by atoms with Crippen molar-refractivity contribution in [2.75, 3.05) is 6.61 Å². The summed E-state index contributed by atoms with van der Waals surface area (Å²) in [5, 5.41) is 0. The maximum Gasteiger partial charge on any atom is 0.0695 e. The van der Waals surface area contributed by atoms with Gasteiger partial charge in [0.15, 0.2) is 0 Å². The Morgan fingerprint density at radius 3 is 2.40 bits per heavy atom. The molecule has 0 aliphatic rings. The summed E-state index contributed by atoms with van der Waals surface area (Å²) >= 11 is 0. The zero-order valence-electron chi connectivity index (χ0n) is 7.26. The first-order chi connectivity index (χ1) is 4.68. The Hall–Kier alpha value is -0.0800. The SMILES string of the molecule is CCCCOC(C)[C@@H](C)N. The van der Waals surface area contributed by atoms with Crippen LogP contribution in [0.2, 0.25) is 0 Å². The van der Waals surface area contributed by atoms with Gasteiger partial charge in [0.1, 0.15) is 0 Å². The summed E-state index contributed by atoms with van der Waals surface area (Å²) in [5.74, 6) is 0. The van der Waals surface area contributed by atoms with E-state index in [-0.39, 0.29) is 12.1 Å². The molecule has 62 valence electrons. The smallest absolute Gasteiger partial charge is 0.0695 e. The molecule has 0 aliphatic carbocycles. The van der Waals surface area contributed by atoms with Crippen molar-refractivity contribution in [1.29, 1.82) is 0 Å². The molecule has 0 aromatic carbocycles. The third-order valence-electron chi connectivity index (χ3n) is 1.62. The van der Waals surface area contributed by atoms with Crippen LogP contribution in [0.4, 0.5) is 0 Å². The summed E-state index contributed by atoms with van der Waals surface area (Å²) in [6.45, 7) is 6.98. The average Bonchev–Trinajstić information content (AvgIpc) is 1.88. The maximum absolute atomic E-state index is 5.59. The Labute approximate surface area is 63.7 Å². The molecule has 0 aromatic rings. The maximum atomic E-state index is 5.59. The van der Waals surface area contributed by atoms with E-state index < -0.39 is 0 Å². The number of nitrogens with two attached hydrogens (primary N) is 1. The molecule has 0 radical (unpaired) electrons. The van der Waals surface area contributed by atoms with Crippen molar-refractivity contribution in [2.24, 2.45) is 5.73 Å².